The molecule has 1 aliphatic rings. The van der Waals surface area contributed by atoms with Gasteiger partial charge >= 0.3 is 0 Å². The molecule has 0 amide bonds. The molecule has 0 bridgehead atoms. The minimum atomic E-state index is -0.476. The number of benzene rings is 1. The van der Waals surface area contributed by atoms with Crippen LogP contribution in [0, 0.1) is 16.0 Å². The van der Waals surface area contributed by atoms with Crippen molar-refractivity contribution in [2.24, 2.45) is 5.92 Å². The highest BCUT2D eigenvalue weighted by Crippen LogP contribution is 2.32. The summed E-state index contributed by atoms with van der Waals surface area (Å²) < 4.78 is 0. The van der Waals surface area contributed by atoms with Gasteiger partial charge in [0.15, 0.2) is 0 Å². The van der Waals surface area contributed by atoms with Gasteiger partial charge in [0.25, 0.3) is 5.69 Å². The van der Waals surface area contributed by atoms with Crippen molar-refractivity contribution in [1.29, 1.82) is 0 Å². The second-order valence-electron chi connectivity index (χ2n) is 6.02. The van der Waals surface area contributed by atoms with Crippen molar-refractivity contribution in [3.8, 4) is 0 Å². The van der Waals surface area contributed by atoms with Gasteiger partial charge in [-0.25, -0.2) is 0 Å². The van der Waals surface area contributed by atoms with Crippen LogP contribution >= 0.6 is 11.6 Å². The van der Waals surface area contributed by atoms with E-state index in [0.717, 1.165) is 31.2 Å². The molecule has 0 unspecified atom stereocenters. The Morgan fingerprint density at radius 1 is 1.48 bits per heavy atom. The van der Waals surface area contributed by atoms with Gasteiger partial charge in [0, 0.05) is 18.2 Å². The highest BCUT2D eigenvalue weighted by Gasteiger charge is 2.33. The van der Waals surface area contributed by atoms with Crippen molar-refractivity contribution < 1.29 is 10.0 Å². The van der Waals surface area contributed by atoms with E-state index in [9.17, 15) is 15.2 Å². The van der Waals surface area contributed by atoms with E-state index < -0.39 is 4.92 Å². The van der Waals surface area contributed by atoms with Crippen LogP contribution in [0.4, 0.5) is 5.69 Å². The Balaban J connectivity index is 2.05. The highest BCUT2D eigenvalue weighted by molar-refractivity contribution is 6.32. The summed E-state index contributed by atoms with van der Waals surface area (Å²) >= 11 is 5.81. The van der Waals surface area contributed by atoms with Crippen LogP contribution in [0.15, 0.2) is 18.2 Å². The van der Waals surface area contributed by atoms with E-state index in [2.05, 4.69) is 12.2 Å². The van der Waals surface area contributed by atoms with Gasteiger partial charge < -0.3 is 10.4 Å². The fourth-order valence-electron chi connectivity index (χ4n) is 2.80. The fourth-order valence-corrected chi connectivity index (χ4v) is 2.99. The van der Waals surface area contributed by atoms with E-state index >= 15 is 0 Å². The molecular formula is C15H21ClN2O3. The van der Waals surface area contributed by atoms with E-state index in [0.29, 0.717) is 12.5 Å². The van der Waals surface area contributed by atoms with E-state index in [-0.39, 0.29) is 22.9 Å². The van der Waals surface area contributed by atoms with Crippen molar-refractivity contribution in [2.75, 3.05) is 6.61 Å². The number of hydrogen-bond acceptors (Lipinski definition) is 4. The molecule has 6 heteroatoms. The second-order valence-corrected chi connectivity index (χ2v) is 6.42. The van der Waals surface area contributed by atoms with Gasteiger partial charge in [-0.2, -0.15) is 0 Å². The zero-order valence-electron chi connectivity index (χ0n) is 12.1. The topological polar surface area (TPSA) is 75.4 Å². The van der Waals surface area contributed by atoms with E-state index in [4.69, 9.17) is 11.6 Å². The molecule has 2 rings (SSSR count). The van der Waals surface area contributed by atoms with Crippen molar-refractivity contribution in [2.45, 2.75) is 44.7 Å². The number of nitro benzene ring substituents is 1. The molecule has 0 heterocycles. The third-order valence-corrected chi connectivity index (χ3v) is 4.73. The Morgan fingerprint density at radius 3 is 2.71 bits per heavy atom. The maximum Gasteiger partial charge on any atom is 0.288 e. The molecule has 0 radical (unpaired) electrons. The Labute approximate surface area is 129 Å². The smallest absolute Gasteiger partial charge is 0.288 e. The molecule has 5 nitrogen and oxygen atoms in total. The summed E-state index contributed by atoms with van der Waals surface area (Å²) in [6.45, 7) is 2.81. The summed E-state index contributed by atoms with van der Waals surface area (Å²) in [7, 11) is 0. The molecule has 1 fully saturated rings. The Kier molecular flexibility index (Phi) is 5.19. The third kappa shape index (κ3) is 3.93. The predicted octanol–water partition coefficient (Wildman–Crippen LogP) is 3.28. The molecule has 0 aromatic heterocycles. The minimum absolute atomic E-state index is 0.0775. The molecular weight excluding hydrogens is 292 g/mol. The molecule has 0 spiro atoms. The molecule has 0 atom stereocenters. The summed E-state index contributed by atoms with van der Waals surface area (Å²) in [5, 5.41) is 24.1. The summed E-state index contributed by atoms with van der Waals surface area (Å²) in [4.78, 5) is 10.4. The third-order valence-electron chi connectivity index (χ3n) is 4.41. The van der Waals surface area contributed by atoms with Gasteiger partial charge in [0.2, 0.25) is 0 Å². The monoisotopic (exact) mass is 312 g/mol. The fraction of sp³-hybridized carbons (Fsp3) is 0.600. The predicted molar refractivity (Wildman–Crippen MR) is 82.4 cm³/mol. The summed E-state index contributed by atoms with van der Waals surface area (Å²) in [5.41, 5.74) is 0.463. The SMILES string of the molecule is CC1CCC(CO)(NCc2ccc(Cl)c([N+](=O)[O-])c2)CC1. The lowest BCUT2D eigenvalue weighted by atomic mass is 9.77. The molecule has 1 aromatic rings. The standard InChI is InChI=1S/C15H21ClN2O3/c1-11-4-6-15(10-19,7-5-11)17-9-12-2-3-13(16)14(8-12)18(20)21/h2-3,8,11,17,19H,4-7,9-10H2,1H3. The van der Waals surface area contributed by atoms with Crippen LogP contribution in [-0.4, -0.2) is 22.2 Å². The first-order valence-electron chi connectivity index (χ1n) is 7.24. The number of hydrogen-bond donors (Lipinski definition) is 2. The molecule has 0 aliphatic heterocycles. The van der Waals surface area contributed by atoms with Crippen LogP contribution in [0.3, 0.4) is 0 Å². The lowest BCUT2D eigenvalue weighted by Gasteiger charge is -2.39. The average Bonchev–Trinajstić information content (AvgIpc) is 2.48. The first-order chi connectivity index (χ1) is 9.96. The zero-order valence-corrected chi connectivity index (χ0v) is 12.9. The van der Waals surface area contributed by atoms with Crippen LogP contribution in [0.25, 0.3) is 0 Å². The highest BCUT2D eigenvalue weighted by atomic mass is 35.5. The molecule has 0 saturated heterocycles. The molecule has 21 heavy (non-hydrogen) atoms. The second kappa shape index (κ2) is 6.73. The van der Waals surface area contributed by atoms with Gasteiger partial charge in [0.05, 0.1) is 11.5 Å². The Hall–Kier alpha value is -1.17. The number of aliphatic hydroxyl groups is 1. The summed E-state index contributed by atoms with van der Waals surface area (Å²) in [6, 6.07) is 4.82. The molecule has 1 aliphatic carbocycles. The quantitative estimate of drug-likeness (QED) is 0.646. The zero-order chi connectivity index (χ0) is 15.5. The molecule has 2 N–H and O–H groups in total. The van der Waals surface area contributed by atoms with Crippen LogP contribution in [0.1, 0.15) is 38.2 Å². The van der Waals surface area contributed by atoms with Gasteiger partial charge in [-0.1, -0.05) is 24.6 Å². The number of nitro groups is 1. The summed E-state index contributed by atoms with van der Waals surface area (Å²) in [6.07, 6.45) is 4.04. The molecule has 116 valence electrons. The lowest BCUT2D eigenvalue weighted by Crippen LogP contribution is -2.50. The number of rotatable bonds is 5. The van der Waals surface area contributed by atoms with E-state index in [1.165, 1.54) is 6.07 Å². The molecule has 1 saturated carbocycles. The largest absolute Gasteiger partial charge is 0.394 e. The van der Waals surface area contributed by atoms with Crippen molar-refractivity contribution in [3.63, 3.8) is 0 Å². The van der Waals surface area contributed by atoms with Crippen molar-refractivity contribution >= 4 is 17.3 Å². The number of nitrogens with zero attached hydrogens (tertiary/aromatic N) is 1. The Bertz CT molecular complexity index is 514. The Morgan fingerprint density at radius 2 is 2.14 bits per heavy atom. The minimum Gasteiger partial charge on any atom is -0.394 e. The van der Waals surface area contributed by atoms with E-state index in [1.54, 1.807) is 12.1 Å². The van der Waals surface area contributed by atoms with Crippen LogP contribution < -0.4 is 5.32 Å². The molecule has 1 aromatic carbocycles. The maximum absolute atomic E-state index is 10.9. The van der Waals surface area contributed by atoms with Gasteiger partial charge in [0.1, 0.15) is 5.02 Å². The average molecular weight is 313 g/mol. The number of halogens is 1. The van der Waals surface area contributed by atoms with Crippen molar-refractivity contribution in [3.05, 3.63) is 38.9 Å². The van der Waals surface area contributed by atoms with Crippen LogP contribution in [0.5, 0.6) is 0 Å². The van der Waals surface area contributed by atoms with Gasteiger partial charge in [-0.3, -0.25) is 10.1 Å². The van der Waals surface area contributed by atoms with Crippen LogP contribution in [-0.2, 0) is 6.54 Å². The first-order valence-corrected chi connectivity index (χ1v) is 7.62. The maximum atomic E-state index is 10.9. The van der Waals surface area contributed by atoms with Gasteiger partial charge in [-0.15, -0.1) is 0 Å². The van der Waals surface area contributed by atoms with E-state index in [1.807, 2.05) is 0 Å². The lowest BCUT2D eigenvalue weighted by molar-refractivity contribution is -0.384. The summed E-state index contributed by atoms with van der Waals surface area (Å²) in [5.74, 6) is 0.697. The number of nitrogens with one attached hydrogen (secondary N) is 1. The van der Waals surface area contributed by atoms with Gasteiger partial charge in [-0.05, 0) is 43.2 Å². The first kappa shape index (κ1) is 16.2. The normalized spacial score (nSPS) is 25.8. The number of aliphatic hydroxyl groups excluding tert-OH is 1. The van der Waals surface area contributed by atoms with Crippen molar-refractivity contribution in [1.82, 2.24) is 5.32 Å². The van der Waals surface area contributed by atoms with Crippen LogP contribution in [0.2, 0.25) is 5.02 Å².